The number of hydrogen-bond donors (Lipinski definition) is 0. The van der Waals surface area contributed by atoms with Crippen molar-refractivity contribution in [2.45, 2.75) is 31.1 Å². The number of benzene rings is 1. The minimum atomic E-state index is 0.408. The Balaban J connectivity index is 1.33. The quantitative estimate of drug-likeness (QED) is 0.811. The maximum absolute atomic E-state index is 6.06. The van der Waals surface area contributed by atoms with E-state index >= 15 is 0 Å². The number of morpholine rings is 1. The molecule has 1 aromatic carbocycles. The fourth-order valence-electron chi connectivity index (χ4n) is 4.51. The van der Waals surface area contributed by atoms with Crippen molar-refractivity contribution in [3.8, 4) is 0 Å². The van der Waals surface area contributed by atoms with Crippen LogP contribution >= 0.6 is 11.6 Å². The van der Waals surface area contributed by atoms with E-state index in [0.29, 0.717) is 5.41 Å². The Bertz CT molecular complexity index is 537. The molecule has 132 valence electrons. The van der Waals surface area contributed by atoms with E-state index < -0.39 is 0 Å². The van der Waals surface area contributed by atoms with Crippen LogP contribution in [0.25, 0.3) is 0 Å². The van der Waals surface area contributed by atoms with E-state index in [4.69, 9.17) is 16.3 Å². The Hall–Kier alpha value is -0.610. The highest BCUT2D eigenvalue weighted by molar-refractivity contribution is 6.30. The zero-order valence-corrected chi connectivity index (χ0v) is 15.3. The van der Waals surface area contributed by atoms with E-state index in [1.54, 1.807) is 0 Å². The average Bonchev–Trinajstić information content (AvgIpc) is 3.37. The van der Waals surface area contributed by atoms with Crippen LogP contribution in [-0.2, 0) is 10.2 Å². The van der Waals surface area contributed by atoms with Gasteiger partial charge in [-0.2, -0.15) is 0 Å². The summed E-state index contributed by atoms with van der Waals surface area (Å²) in [6.45, 7) is 9.09. The first-order valence-corrected chi connectivity index (χ1v) is 9.90. The predicted molar refractivity (Wildman–Crippen MR) is 98.8 cm³/mol. The lowest BCUT2D eigenvalue weighted by atomic mass is 9.92. The van der Waals surface area contributed by atoms with Crippen molar-refractivity contribution >= 4 is 11.6 Å². The average molecular weight is 349 g/mol. The predicted octanol–water partition coefficient (Wildman–Crippen LogP) is 3.42. The summed E-state index contributed by atoms with van der Waals surface area (Å²) in [5.41, 5.74) is 1.90. The smallest absolute Gasteiger partial charge is 0.0594 e. The highest BCUT2D eigenvalue weighted by atomic mass is 35.5. The molecule has 2 saturated heterocycles. The molecule has 0 spiro atoms. The van der Waals surface area contributed by atoms with Crippen LogP contribution in [0.15, 0.2) is 24.3 Å². The molecule has 0 N–H and O–H groups in total. The Kier molecular flexibility index (Phi) is 5.14. The topological polar surface area (TPSA) is 15.7 Å². The van der Waals surface area contributed by atoms with Gasteiger partial charge in [0.1, 0.15) is 0 Å². The first-order chi connectivity index (χ1) is 11.7. The number of rotatable bonds is 5. The van der Waals surface area contributed by atoms with Gasteiger partial charge in [0, 0.05) is 43.2 Å². The molecule has 1 aliphatic carbocycles. The van der Waals surface area contributed by atoms with Gasteiger partial charge >= 0.3 is 0 Å². The van der Waals surface area contributed by atoms with Gasteiger partial charge in [0.2, 0.25) is 0 Å². The Labute approximate surface area is 150 Å². The van der Waals surface area contributed by atoms with Gasteiger partial charge in [0.15, 0.2) is 0 Å². The number of halogens is 1. The molecule has 0 amide bonds. The summed E-state index contributed by atoms with van der Waals surface area (Å²) in [5.74, 6) is 0.831. The van der Waals surface area contributed by atoms with Crippen LogP contribution in [0.2, 0.25) is 5.02 Å². The lowest BCUT2D eigenvalue weighted by molar-refractivity contribution is 0.0223. The van der Waals surface area contributed by atoms with Crippen LogP contribution in [0.1, 0.15) is 31.2 Å². The standard InChI is InChI=1S/C20H29ClN2O/c21-19-5-3-18(4-6-19)20(7-8-20)16-23-9-1-2-17(15-23)14-22-10-12-24-13-11-22/h3-6,17H,1-2,7-16H2/t17-/m1/s1. The summed E-state index contributed by atoms with van der Waals surface area (Å²) in [4.78, 5) is 5.33. The van der Waals surface area contributed by atoms with E-state index in [1.807, 2.05) is 12.1 Å². The van der Waals surface area contributed by atoms with E-state index in [9.17, 15) is 0 Å². The molecular formula is C20H29ClN2O. The minimum absolute atomic E-state index is 0.408. The zero-order valence-electron chi connectivity index (χ0n) is 14.6. The minimum Gasteiger partial charge on any atom is -0.379 e. The first kappa shape index (κ1) is 16.8. The van der Waals surface area contributed by atoms with Crippen molar-refractivity contribution in [3.63, 3.8) is 0 Å². The highest BCUT2D eigenvalue weighted by Gasteiger charge is 2.45. The molecular weight excluding hydrogens is 320 g/mol. The lowest BCUT2D eigenvalue weighted by Crippen LogP contribution is -2.46. The van der Waals surface area contributed by atoms with Gasteiger partial charge in [-0.3, -0.25) is 4.90 Å². The normalized spacial score (nSPS) is 28.0. The van der Waals surface area contributed by atoms with Gasteiger partial charge in [0.25, 0.3) is 0 Å². The third-order valence-electron chi connectivity index (χ3n) is 6.06. The first-order valence-electron chi connectivity index (χ1n) is 9.52. The third-order valence-corrected chi connectivity index (χ3v) is 6.31. The SMILES string of the molecule is Clc1ccc(C2(CN3CCC[C@H](CN4CCOCC4)C3)CC2)cc1. The van der Waals surface area contributed by atoms with Crippen LogP contribution < -0.4 is 0 Å². The van der Waals surface area contributed by atoms with Crippen molar-refractivity contribution in [3.05, 3.63) is 34.9 Å². The molecule has 3 nitrogen and oxygen atoms in total. The molecule has 24 heavy (non-hydrogen) atoms. The van der Waals surface area contributed by atoms with Crippen LogP contribution in [0.3, 0.4) is 0 Å². The van der Waals surface area contributed by atoms with E-state index in [0.717, 1.165) is 37.2 Å². The van der Waals surface area contributed by atoms with Crippen LogP contribution in [0, 0.1) is 5.92 Å². The maximum atomic E-state index is 6.06. The molecule has 1 saturated carbocycles. The molecule has 1 aromatic rings. The Morgan fingerprint density at radius 3 is 2.50 bits per heavy atom. The molecule has 4 rings (SSSR count). The van der Waals surface area contributed by atoms with Gasteiger partial charge in [-0.15, -0.1) is 0 Å². The third kappa shape index (κ3) is 3.96. The Morgan fingerprint density at radius 1 is 1.04 bits per heavy atom. The monoisotopic (exact) mass is 348 g/mol. The van der Waals surface area contributed by atoms with Gasteiger partial charge in [-0.25, -0.2) is 0 Å². The summed E-state index contributed by atoms with van der Waals surface area (Å²) >= 11 is 6.06. The molecule has 2 heterocycles. The van der Waals surface area contributed by atoms with E-state index in [-0.39, 0.29) is 0 Å². The summed E-state index contributed by atoms with van der Waals surface area (Å²) in [6.07, 6.45) is 5.41. The number of ether oxygens (including phenoxy) is 1. The van der Waals surface area contributed by atoms with Crippen molar-refractivity contribution in [2.75, 3.05) is 52.5 Å². The molecule has 1 atom stereocenters. The molecule has 4 heteroatoms. The number of hydrogen-bond acceptors (Lipinski definition) is 3. The Morgan fingerprint density at radius 2 is 1.79 bits per heavy atom. The van der Waals surface area contributed by atoms with Crippen LogP contribution in [0.4, 0.5) is 0 Å². The molecule has 0 radical (unpaired) electrons. The summed E-state index contributed by atoms with van der Waals surface area (Å²) < 4.78 is 5.48. The van der Waals surface area contributed by atoms with E-state index in [2.05, 4.69) is 21.9 Å². The van der Waals surface area contributed by atoms with Crippen LogP contribution in [0.5, 0.6) is 0 Å². The summed E-state index contributed by atoms with van der Waals surface area (Å²) in [7, 11) is 0. The molecule has 3 aliphatic rings. The van der Waals surface area contributed by atoms with Crippen molar-refractivity contribution in [2.24, 2.45) is 5.92 Å². The van der Waals surface area contributed by atoms with Crippen LogP contribution in [-0.4, -0.2) is 62.3 Å². The van der Waals surface area contributed by atoms with Gasteiger partial charge in [-0.05, 0) is 55.8 Å². The molecule has 0 bridgehead atoms. The second kappa shape index (κ2) is 7.33. The lowest BCUT2D eigenvalue weighted by Gasteiger charge is -2.38. The number of nitrogens with zero attached hydrogens (tertiary/aromatic N) is 2. The molecule has 2 aliphatic heterocycles. The summed E-state index contributed by atoms with van der Waals surface area (Å²) in [6, 6.07) is 8.58. The molecule has 3 fully saturated rings. The molecule has 0 unspecified atom stereocenters. The van der Waals surface area contributed by atoms with Gasteiger partial charge in [0.05, 0.1) is 13.2 Å². The largest absolute Gasteiger partial charge is 0.379 e. The number of piperidine rings is 1. The van der Waals surface area contributed by atoms with Crippen molar-refractivity contribution < 1.29 is 4.74 Å². The summed E-state index contributed by atoms with van der Waals surface area (Å²) in [5, 5.41) is 0.845. The van der Waals surface area contributed by atoms with Gasteiger partial charge in [-0.1, -0.05) is 23.7 Å². The second-order valence-corrected chi connectivity index (χ2v) is 8.38. The fourth-order valence-corrected chi connectivity index (χ4v) is 4.64. The fraction of sp³-hybridized carbons (Fsp3) is 0.700. The molecule has 0 aromatic heterocycles. The van der Waals surface area contributed by atoms with Crippen molar-refractivity contribution in [1.82, 2.24) is 9.80 Å². The maximum Gasteiger partial charge on any atom is 0.0594 e. The highest BCUT2D eigenvalue weighted by Crippen LogP contribution is 2.49. The van der Waals surface area contributed by atoms with Crippen molar-refractivity contribution in [1.29, 1.82) is 0 Å². The van der Waals surface area contributed by atoms with E-state index in [1.165, 1.54) is 57.4 Å². The number of likely N-dealkylation sites (tertiary alicyclic amines) is 1. The second-order valence-electron chi connectivity index (χ2n) is 7.94. The van der Waals surface area contributed by atoms with Gasteiger partial charge < -0.3 is 9.64 Å². The zero-order chi connectivity index (χ0) is 16.4.